The summed E-state index contributed by atoms with van der Waals surface area (Å²) in [4.78, 5) is 11.7. The quantitative estimate of drug-likeness (QED) is 0.674. The Kier molecular flexibility index (Phi) is 4.61. The molecule has 0 bridgehead atoms. The van der Waals surface area contributed by atoms with Gasteiger partial charge in [-0.25, -0.2) is 5.43 Å². The van der Waals surface area contributed by atoms with E-state index in [1.165, 1.54) is 18.3 Å². The number of nitrogens with zero attached hydrogens (tertiary/aromatic N) is 1. The topological polar surface area (TPSA) is 61.7 Å². The SMILES string of the molecule is O=C(NN=Cc1ccc(Cl)c(Cl)c1)c1ccccc1O. The Hall–Kier alpha value is -2.04. The number of hydrazone groups is 1. The second-order valence-electron chi connectivity index (χ2n) is 3.89. The summed E-state index contributed by atoms with van der Waals surface area (Å²) >= 11 is 11.6. The van der Waals surface area contributed by atoms with Crippen molar-refractivity contribution in [3.8, 4) is 5.75 Å². The molecule has 2 aromatic rings. The number of benzene rings is 2. The number of rotatable bonds is 3. The van der Waals surface area contributed by atoms with Crippen LogP contribution in [0.15, 0.2) is 47.6 Å². The largest absolute Gasteiger partial charge is 0.507 e. The van der Waals surface area contributed by atoms with Gasteiger partial charge in [0.2, 0.25) is 0 Å². The van der Waals surface area contributed by atoms with Gasteiger partial charge in [0.15, 0.2) is 0 Å². The fourth-order valence-corrected chi connectivity index (χ4v) is 1.79. The number of amides is 1. The van der Waals surface area contributed by atoms with Crippen molar-refractivity contribution in [3.63, 3.8) is 0 Å². The lowest BCUT2D eigenvalue weighted by Gasteiger charge is -2.02. The van der Waals surface area contributed by atoms with Crippen molar-refractivity contribution in [3.05, 3.63) is 63.6 Å². The first-order valence-corrected chi connectivity index (χ1v) is 6.40. The summed E-state index contributed by atoms with van der Waals surface area (Å²) in [6.07, 6.45) is 1.43. The highest BCUT2D eigenvalue weighted by atomic mass is 35.5. The summed E-state index contributed by atoms with van der Waals surface area (Å²) < 4.78 is 0. The normalized spacial score (nSPS) is 10.7. The van der Waals surface area contributed by atoms with E-state index in [4.69, 9.17) is 23.2 Å². The Bertz CT molecular complexity index is 672. The molecule has 2 rings (SSSR count). The van der Waals surface area contributed by atoms with Crippen LogP contribution < -0.4 is 5.43 Å². The van der Waals surface area contributed by atoms with E-state index in [2.05, 4.69) is 10.5 Å². The van der Waals surface area contributed by atoms with Crippen molar-refractivity contribution in [2.45, 2.75) is 0 Å². The van der Waals surface area contributed by atoms with E-state index in [0.29, 0.717) is 15.6 Å². The average Bonchev–Trinajstić information content (AvgIpc) is 2.43. The Labute approximate surface area is 125 Å². The molecule has 2 aromatic carbocycles. The summed E-state index contributed by atoms with van der Waals surface area (Å²) in [5, 5.41) is 14.2. The van der Waals surface area contributed by atoms with Crippen LogP contribution in [0.25, 0.3) is 0 Å². The van der Waals surface area contributed by atoms with Gasteiger partial charge in [0.25, 0.3) is 5.91 Å². The Morgan fingerprint density at radius 1 is 1.15 bits per heavy atom. The van der Waals surface area contributed by atoms with Crippen LogP contribution in [0.2, 0.25) is 10.0 Å². The van der Waals surface area contributed by atoms with E-state index in [1.807, 2.05) is 0 Å². The van der Waals surface area contributed by atoms with Gasteiger partial charge in [-0.2, -0.15) is 5.10 Å². The van der Waals surface area contributed by atoms with Gasteiger partial charge >= 0.3 is 0 Å². The van der Waals surface area contributed by atoms with E-state index in [1.54, 1.807) is 30.3 Å². The van der Waals surface area contributed by atoms with E-state index in [9.17, 15) is 9.90 Å². The maximum Gasteiger partial charge on any atom is 0.275 e. The van der Waals surface area contributed by atoms with Crippen LogP contribution in [0.3, 0.4) is 0 Å². The summed E-state index contributed by atoms with van der Waals surface area (Å²) in [5.74, 6) is -0.603. The zero-order valence-electron chi connectivity index (χ0n) is 10.2. The maximum atomic E-state index is 11.7. The highest BCUT2D eigenvalue weighted by Crippen LogP contribution is 2.21. The van der Waals surface area contributed by atoms with Crippen molar-refractivity contribution in [2.75, 3.05) is 0 Å². The molecule has 1 amide bonds. The maximum absolute atomic E-state index is 11.7. The van der Waals surface area contributed by atoms with Gasteiger partial charge in [0.05, 0.1) is 21.8 Å². The second-order valence-corrected chi connectivity index (χ2v) is 4.70. The predicted molar refractivity (Wildman–Crippen MR) is 79.6 cm³/mol. The Morgan fingerprint density at radius 2 is 1.90 bits per heavy atom. The predicted octanol–water partition coefficient (Wildman–Crippen LogP) is 3.46. The van der Waals surface area contributed by atoms with Gasteiger partial charge in [-0.15, -0.1) is 0 Å². The fraction of sp³-hybridized carbons (Fsp3) is 0. The smallest absolute Gasteiger partial charge is 0.275 e. The number of halogens is 2. The van der Waals surface area contributed by atoms with Crippen molar-refractivity contribution in [2.24, 2.45) is 5.10 Å². The summed E-state index contributed by atoms with van der Waals surface area (Å²) in [7, 11) is 0. The third kappa shape index (κ3) is 3.50. The average molecular weight is 309 g/mol. The minimum atomic E-state index is -0.501. The molecular weight excluding hydrogens is 299 g/mol. The number of phenols is 1. The van der Waals surface area contributed by atoms with Gasteiger partial charge in [-0.1, -0.05) is 41.4 Å². The molecule has 0 aliphatic carbocycles. The molecule has 0 spiro atoms. The van der Waals surface area contributed by atoms with E-state index in [-0.39, 0.29) is 11.3 Å². The van der Waals surface area contributed by atoms with Crippen molar-refractivity contribution in [1.82, 2.24) is 5.43 Å². The molecule has 0 saturated heterocycles. The number of hydrogen-bond donors (Lipinski definition) is 2. The monoisotopic (exact) mass is 308 g/mol. The standard InChI is InChI=1S/C14H10Cl2N2O2/c15-11-6-5-9(7-12(11)16)8-17-18-14(20)10-3-1-2-4-13(10)19/h1-8,19H,(H,18,20). The van der Waals surface area contributed by atoms with Crippen molar-refractivity contribution in [1.29, 1.82) is 0 Å². The molecule has 0 heterocycles. The minimum Gasteiger partial charge on any atom is -0.507 e. The fourth-order valence-electron chi connectivity index (χ4n) is 1.48. The minimum absolute atomic E-state index is 0.102. The first kappa shape index (κ1) is 14.4. The van der Waals surface area contributed by atoms with E-state index >= 15 is 0 Å². The van der Waals surface area contributed by atoms with Crippen LogP contribution in [0, 0.1) is 0 Å². The van der Waals surface area contributed by atoms with Crippen molar-refractivity contribution >= 4 is 35.3 Å². The number of carbonyl (C=O) groups excluding carboxylic acids is 1. The molecule has 0 unspecified atom stereocenters. The van der Waals surface area contributed by atoms with Gasteiger partial charge in [-0.05, 0) is 29.8 Å². The number of aromatic hydroxyl groups is 1. The van der Waals surface area contributed by atoms with Crippen LogP contribution >= 0.6 is 23.2 Å². The number of hydrogen-bond acceptors (Lipinski definition) is 3. The molecule has 0 saturated carbocycles. The number of para-hydroxylation sites is 1. The van der Waals surface area contributed by atoms with Crippen LogP contribution in [0.4, 0.5) is 0 Å². The molecule has 102 valence electrons. The molecule has 0 aliphatic heterocycles. The molecule has 4 nitrogen and oxygen atoms in total. The molecule has 0 fully saturated rings. The summed E-state index contributed by atoms with van der Waals surface area (Å²) in [6, 6.07) is 11.2. The van der Waals surface area contributed by atoms with Gasteiger partial charge < -0.3 is 5.11 Å². The second kappa shape index (κ2) is 6.41. The molecule has 2 N–H and O–H groups in total. The van der Waals surface area contributed by atoms with Crippen LogP contribution in [0.5, 0.6) is 5.75 Å². The molecular formula is C14H10Cl2N2O2. The zero-order chi connectivity index (χ0) is 14.5. The number of carbonyl (C=O) groups is 1. The molecule has 0 aliphatic rings. The van der Waals surface area contributed by atoms with E-state index in [0.717, 1.165) is 0 Å². The lowest BCUT2D eigenvalue weighted by molar-refractivity contribution is 0.0952. The lowest BCUT2D eigenvalue weighted by atomic mass is 10.2. The molecule has 20 heavy (non-hydrogen) atoms. The Morgan fingerprint density at radius 3 is 2.60 bits per heavy atom. The van der Waals surface area contributed by atoms with Crippen LogP contribution in [0.1, 0.15) is 15.9 Å². The summed E-state index contributed by atoms with van der Waals surface area (Å²) in [6.45, 7) is 0. The van der Waals surface area contributed by atoms with Gasteiger partial charge in [0, 0.05) is 0 Å². The Balaban J connectivity index is 2.05. The highest BCUT2D eigenvalue weighted by Gasteiger charge is 2.08. The molecule has 0 aromatic heterocycles. The third-order valence-electron chi connectivity index (χ3n) is 2.47. The first-order valence-electron chi connectivity index (χ1n) is 5.64. The van der Waals surface area contributed by atoms with Crippen molar-refractivity contribution < 1.29 is 9.90 Å². The van der Waals surface area contributed by atoms with Gasteiger partial charge in [-0.3, -0.25) is 4.79 Å². The highest BCUT2D eigenvalue weighted by molar-refractivity contribution is 6.42. The van der Waals surface area contributed by atoms with Crippen LogP contribution in [-0.2, 0) is 0 Å². The van der Waals surface area contributed by atoms with Gasteiger partial charge in [0.1, 0.15) is 5.75 Å². The van der Waals surface area contributed by atoms with E-state index < -0.39 is 5.91 Å². The molecule has 0 atom stereocenters. The molecule has 6 heteroatoms. The number of nitrogens with one attached hydrogen (secondary N) is 1. The zero-order valence-corrected chi connectivity index (χ0v) is 11.7. The van der Waals surface area contributed by atoms with Crippen LogP contribution in [-0.4, -0.2) is 17.2 Å². The molecule has 0 radical (unpaired) electrons. The third-order valence-corrected chi connectivity index (χ3v) is 3.21. The summed E-state index contributed by atoms with van der Waals surface area (Å²) in [5.41, 5.74) is 3.16. The first-order chi connectivity index (χ1) is 9.58. The number of phenolic OH excluding ortho intramolecular Hbond substituents is 1. The lowest BCUT2D eigenvalue weighted by Crippen LogP contribution is -2.17.